The van der Waals surface area contributed by atoms with E-state index >= 15 is 0 Å². The van der Waals surface area contributed by atoms with Crippen molar-refractivity contribution >= 4 is 23.5 Å². The summed E-state index contributed by atoms with van der Waals surface area (Å²) in [7, 11) is 0. The van der Waals surface area contributed by atoms with Gasteiger partial charge in [0, 0.05) is 4.24 Å². The minimum Gasteiger partial charge on any atom is -0.123 e. The van der Waals surface area contributed by atoms with Gasteiger partial charge in [0.15, 0.2) is 0 Å². The van der Waals surface area contributed by atoms with Gasteiger partial charge in [-0.25, -0.2) is 0 Å². The molecule has 0 aromatic carbocycles. The highest BCUT2D eigenvalue weighted by Gasteiger charge is 1.91. The molecule has 0 aliphatic heterocycles. The van der Waals surface area contributed by atoms with Gasteiger partial charge in [-0.2, -0.15) is 0 Å². The number of allylic oxidation sites excluding steroid dienone is 3. The topological polar surface area (TPSA) is 0 Å². The van der Waals surface area contributed by atoms with Gasteiger partial charge >= 0.3 is 0 Å². The third-order valence-electron chi connectivity index (χ3n) is 1.25. The van der Waals surface area contributed by atoms with Crippen LogP contribution in [0.4, 0.5) is 0 Å². The number of hydrogen-bond acceptors (Lipinski definition) is 2. The Labute approximate surface area is 84.9 Å². The molecule has 70 valence electrons. The summed E-state index contributed by atoms with van der Waals surface area (Å²) in [6, 6.07) is 0. The minimum absolute atomic E-state index is 1.12. The van der Waals surface area contributed by atoms with Gasteiger partial charge in [-0.3, -0.25) is 0 Å². The third-order valence-corrected chi connectivity index (χ3v) is 3.68. The first kappa shape index (κ1) is 12.2. The zero-order chi connectivity index (χ0) is 9.23. The van der Waals surface area contributed by atoms with Crippen LogP contribution < -0.4 is 0 Å². The average molecular weight is 202 g/mol. The fourth-order valence-corrected chi connectivity index (χ4v) is 2.18. The second kappa shape index (κ2) is 9.27. The van der Waals surface area contributed by atoms with E-state index < -0.39 is 0 Å². The predicted octanol–water partition coefficient (Wildman–Crippen LogP) is 4.30. The lowest BCUT2D eigenvalue weighted by atomic mass is 10.4. The Bertz CT molecular complexity index is 148. The quantitative estimate of drug-likeness (QED) is 0.589. The third kappa shape index (κ3) is 6.86. The van der Waals surface area contributed by atoms with Gasteiger partial charge in [-0.1, -0.05) is 26.0 Å². The van der Waals surface area contributed by atoms with Crippen molar-refractivity contribution in [1.29, 1.82) is 0 Å². The van der Waals surface area contributed by atoms with Crippen LogP contribution in [0.5, 0.6) is 0 Å². The lowest BCUT2D eigenvalue weighted by Crippen LogP contribution is -1.73. The lowest BCUT2D eigenvalue weighted by Gasteiger charge is -1.99. The molecule has 0 saturated carbocycles. The highest BCUT2D eigenvalue weighted by molar-refractivity contribution is 8.21. The number of thioether (sulfide) groups is 2. The van der Waals surface area contributed by atoms with Crippen LogP contribution in [0.15, 0.2) is 22.5 Å². The van der Waals surface area contributed by atoms with Gasteiger partial charge < -0.3 is 0 Å². The maximum atomic E-state index is 2.22. The van der Waals surface area contributed by atoms with Crippen molar-refractivity contribution in [3.05, 3.63) is 22.5 Å². The predicted molar refractivity (Wildman–Crippen MR) is 63.8 cm³/mol. The summed E-state index contributed by atoms with van der Waals surface area (Å²) in [4.78, 5) is 0. The van der Waals surface area contributed by atoms with Crippen molar-refractivity contribution in [2.24, 2.45) is 0 Å². The zero-order valence-corrected chi connectivity index (χ0v) is 9.80. The van der Waals surface area contributed by atoms with Crippen molar-refractivity contribution in [2.75, 3.05) is 12.0 Å². The normalized spacial score (nSPS) is 12.8. The van der Waals surface area contributed by atoms with Crippen LogP contribution in [0.1, 0.15) is 26.7 Å². The van der Waals surface area contributed by atoms with Crippen LogP contribution in [0, 0.1) is 0 Å². The first-order valence-electron chi connectivity index (χ1n) is 4.38. The molecule has 0 spiro atoms. The molecule has 0 saturated heterocycles. The molecule has 0 aliphatic rings. The maximum Gasteiger partial charge on any atom is 0.0398 e. The van der Waals surface area contributed by atoms with E-state index in [0.717, 1.165) is 6.42 Å². The van der Waals surface area contributed by atoms with E-state index in [4.69, 9.17) is 0 Å². The highest BCUT2D eigenvalue weighted by Crippen LogP contribution is 2.26. The SMILES string of the molecule is CC/C=C/C=C(\SC)SCCC. The second-order valence-electron chi connectivity index (χ2n) is 2.37. The van der Waals surface area contributed by atoms with Crippen LogP contribution in [-0.2, 0) is 0 Å². The summed E-state index contributed by atoms with van der Waals surface area (Å²) in [5.74, 6) is 1.23. The Morgan fingerprint density at radius 2 is 2.08 bits per heavy atom. The highest BCUT2D eigenvalue weighted by atomic mass is 32.2. The molecule has 0 N–H and O–H groups in total. The van der Waals surface area contributed by atoms with Crippen LogP contribution in [0.25, 0.3) is 0 Å². The molecule has 0 unspecified atom stereocenters. The van der Waals surface area contributed by atoms with Crippen molar-refractivity contribution in [3.63, 3.8) is 0 Å². The standard InChI is InChI=1S/C10H18S2/c1-4-6-7-8-10(11-3)12-9-5-2/h6-8H,4-5,9H2,1-3H3/b7-6+,10-8+. The molecule has 0 fully saturated rings. The molecule has 0 rings (SSSR count). The molecule has 0 aromatic rings. The van der Waals surface area contributed by atoms with Gasteiger partial charge in [0.25, 0.3) is 0 Å². The summed E-state index contributed by atoms with van der Waals surface area (Å²) < 4.78 is 1.42. The van der Waals surface area contributed by atoms with Gasteiger partial charge in [-0.15, -0.1) is 23.5 Å². The molecule has 0 aromatic heterocycles. The van der Waals surface area contributed by atoms with Crippen LogP contribution in [0.3, 0.4) is 0 Å². The molecular weight excluding hydrogens is 184 g/mol. The summed E-state index contributed by atoms with van der Waals surface area (Å²) in [5.41, 5.74) is 0. The smallest absolute Gasteiger partial charge is 0.0398 e. The monoisotopic (exact) mass is 202 g/mol. The zero-order valence-electron chi connectivity index (χ0n) is 8.17. The van der Waals surface area contributed by atoms with E-state index in [1.54, 1.807) is 0 Å². The van der Waals surface area contributed by atoms with Crippen molar-refractivity contribution < 1.29 is 0 Å². The van der Waals surface area contributed by atoms with E-state index in [1.165, 1.54) is 16.4 Å². The summed E-state index contributed by atoms with van der Waals surface area (Å²) >= 11 is 3.78. The molecular formula is C10H18S2. The average Bonchev–Trinajstić information content (AvgIpc) is 2.11. The molecule has 0 aliphatic carbocycles. The maximum absolute atomic E-state index is 2.22. The number of rotatable bonds is 6. The van der Waals surface area contributed by atoms with Crippen molar-refractivity contribution in [3.8, 4) is 0 Å². The fraction of sp³-hybridized carbons (Fsp3) is 0.600. The molecule has 12 heavy (non-hydrogen) atoms. The summed E-state index contributed by atoms with van der Waals surface area (Å²) in [6.45, 7) is 4.37. The molecule has 0 atom stereocenters. The van der Waals surface area contributed by atoms with Crippen LogP contribution >= 0.6 is 23.5 Å². The van der Waals surface area contributed by atoms with Gasteiger partial charge in [0.2, 0.25) is 0 Å². The minimum atomic E-state index is 1.12. The molecule has 0 heterocycles. The van der Waals surface area contributed by atoms with E-state index in [9.17, 15) is 0 Å². The lowest BCUT2D eigenvalue weighted by molar-refractivity contribution is 1.11. The Morgan fingerprint density at radius 1 is 1.33 bits per heavy atom. The van der Waals surface area contributed by atoms with E-state index in [0.29, 0.717) is 0 Å². The Morgan fingerprint density at radius 3 is 2.58 bits per heavy atom. The first-order chi connectivity index (χ1) is 5.85. The van der Waals surface area contributed by atoms with Crippen molar-refractivity contribution in [2.45, 2.75) is 26.7 Å². The molecule has 0 amide bonds. The van der Waals surface area contributed by atoms with Crippen LogP contribution in [-0.4, -0.2) is 12.0 Å². The van der Waals surface area contributed by atoms with Gasteiger partial charge in [-0.05, 0) is 30.9 Å². The van der Waals surface area contributed by atoms with E-state index in [1.807, 2.05) is 23.5 Å². The molecule has 2 heteroatoms. The second-order valence-corrected chi connectivity index (χ2v) is 4.62. The number of hydrogen-bond donors (Lipinski definition) is 0. The van der Waals surface area contributed by atoms with Crippen LogP contribution in [0.2, 0.25) is 0 Å². The Balaban J connectivity index is 3.78. The van der Waals surface area contributed by atoms with Gasteiger partial charge in [0.1, 0.15) is 0 Å². The first-order valence-corrected chi connectivity index (χ1v) is 6.59. The van der Waals surface area contributed by atoms with Gasteiger partial charge in [0.05, 0.1) is 0 Å². The molecule has 0 bridgehead atoms. The fourth-order valence-electron chi connectivity index (χ4n) is 0.660. The Hall–Kier alpha value is 0.180. The van der Waals surface area contributed by atoms with Crippen molar-refractivity contribution in [1.82, 2.24) is 0 Å². The summed E-state index contributed by atoms with van der Waals surface area (Å²) in [5, 5.41) is 0. The largest absolute Gasteiger partial charge is 0.123 e. The molecule has 0 radical (unpaired) electrons. The van der Waals surface area contributed by atoms with E-state index in [2.05, 4.69) is 38.3 Å². The summed E-state index contributed by atoms with van der Waals surface area (Å²) in [6.07, 6.45) is 11.0. The Kier molecular flexibility index (Phi) is 9.41. The molecule has 0 nitrogen and oxygen atoms in total. The van der Waals surface area contributed by atoms with E-state index in [-0.39, 0.29) is 0 Å².